The summed E-state index contributed by atoms with van der Waals surface area (Å²) < 4.78 is 1.66. The Morgan fingerprint density at radius 2 is 2.20 bits per heavy atom. The average molecular weight is 212 g/mol. The minimum atomic E-state index is -0.754. The van der Waals surface area contributed by atoms with Gasteiger partial charge in [-0.3, -0.25) is 0 Å². The first kappa shape index (κ1) is 12.1. The summed E-state index contributed by atoms with van der Waals surface area (Å²) in [5, 5.41) is 20.8. The zero-order valence-electron chi connectivity index (χ0n) is 9.86. The van der Waals surface area contributed by atoms with Crippen LogP contribution in [-0.2, 0) is 13.1 Å². The van der Waals surface area contributed by atoms with Crippen LogP contribution in [0.4, 0.5) is 0 Å². The molecule has 0 bridgehead atoms. The smallest absolute Gasteiger partial charge is 0.0964 e. The van der Waals surface area contributed by atoms with Crippen molar-refractivity contribution < 1.29 is 5.11 Å². The molecule has 1 heterocycles. The Labute approximate surface area is 90.5 Å². The van der Waals surface area contributed by atoms with Crippen molar-refractivity contribution in [3.63, 3.8) is 0 Å². The molecule has 2 N–H and O–H groups in total. The maximum Gasteiger partial charge on any atom is 0.0964 e. The van der Waals surface area contributed by atoms with Crippen molar-refractivity contribution in [1.82, 2.24) is 20.3 Å². The zero-order chi connectivity index (χ0) is 11.5. The topological polar surface area (TPSA) is 63.0 Å². The highest BCUT2D eigenvalue weighted by atomic mass is 16.3. The number of aliphatic hydroxyl groups is 1. The predicted octanol–water partition coefficient (Wildman–Crippen LogP) is 0.547. The lowest BCUT2D eigenvalue weighted by Gasteiger charge is -2.15. The van der Waals surface area contributed by atoms with Gasteiger partial charge in [0.15, 0.2) is 0 Å². The Balaban J connectivity index is 2.49. The van der Waals surface area contributed by atoms with E-state index in [0.29, 0.717) is 19.1 Å². The van der Waals surface area contributed by atoms with E-state index in [9.17, 15) is 5.11 Å². The summed E-state index contributed by atoms with van der Waals surface area (Å²) in [5.41, 5.74) is 0.143. The summed E-state index contributed by atoms with van der Waals surface area (Å²) in [6.07, 6.45) is 1.85. The number of nitrogens with one attached hydrogen (secondary N) is 1. The van der Waals surface area contributed by atoms with Crippen LogP contribution in [0.25, 0.3) is 0 Å². The van der Waals surface area contributed by atoms with Gasteiger partial charge in [0.25, 0.3) is 0 Å². The predicted molar refractivity (Wildman–Crippen MR) is 58.3 cm³/mol. The van der Waals surface area contributed by atoms with Crippen molar-refractivity contribution in [3.05, 3.63) is 11.9 Å². The summed E-state index contributed by atoms with van der Waals surface area (Å²) in [5.74, 6) is 0. The van der Waals surface area contributed by atoms with Crippen LogP contribution < -0.4 is 5.32 Å². The second-order valence-corrected chi connectivity index (χ2v) is 4.76. The molecule has 1 aromatic heterocycles. The summed E-state index contributed by atoms with van der Waals surface area (Å²) in [6, 6.07) is 0.435. The third-order valence-electron chi connectivity index (χ3n) is 1.83. The number of hydrogen-bond acceptors (Lipinski definition) is 4. The van der Waals surface area contributed by atoms with E-state index in [0.717, 1.165) is 5.69 Å². The number of aromatic nitrogens is 3. The Bertz CT molecular complexity index is 301. The van der Waals surface area contributed by atoms with Crippen LogP contribution in [0.5, 0.6) is 0 Å². The van der Waals surface area contributed by atoms with Crippen LogP contribution in [-0.4, -0.2) is 31.7 Å². The molecule has 0 saturated heterocycles. The van der Waals surface area contributed by atoms with Gasteiger partial charge in [-0.05, 0) is 13.8 Å². The van der Waals surface area contributed by atoms with Crippen molar-refractivity contribution in [2.45, 2.75) is 52.4 Å². The van der Waals surface area contributed by atoms with Gasteiger partial charge in [-0.15, -0.1) is 5.10 Å². The number of hydrogen-bond donors (Lipinski definition) is 2. The standard InChI is InChI=1S/C10H20N4O/c1-8(2)11-5-9-6-14(13-12-9)7-10(3,4)15/h6,8,11,15H,5,7H2,1-4H3. The van der Waals surface area contributed by atoms with Gasteiger partial charge in [-0.2, -0.15) is 0 Å². The molecule has 0 amide bonds. The van der Waals surface area contributed by atoms with Crippen molar-refractivity contribution >= 4 is 0 Å². The summed E-state index contributed by atoms with van der Waals surface area (Å²) >= 11 is 0. The fraction of sp³-hybridized carbons (Fsp3) is 0.800. The van der Waals surface area contributed by atoms with E-state index in [4.69, 9.17) is 0 Å². The zero-order valence-corrected chi connectivity index (χ0v) is 9.86. The Morgan fingerprint density at radius 1 is 1.53 bits per heavy atom. The van der Waals surface area contributed by atoms with Crippen LogP contribution in [0.3, 0.4) is 0 Å². The monoisotopic (exact) mass is 212 g/mol. The van der Waals surface area contributed by atoms with Gasteiger partial charge in [0, 0.05) is 18.8 Å². The minimum Gasteiger partial charge on any atom is -0.389 e. The van der Waals surface area contributed by atoms with E-state index in [-0.39, 0.29) is 0 Å². The van der Waals surface area contributed by atoms with Gasteiger partial charge in [0.2, 0.25) is 0 Å². The highest BCUT2D eigenvalue weighted by Crippen LogP contribution is 2.04. The maximum absolute atomic E-state index is 9.59. The largest absolute Gasteiger partial charge is 0.389 e. The minimum absolute atomic E-state index is 0.435. The first-order chi connectivity index (χ1) is 6.87. The number of nitrogens with zero attached hydrogens (tertiary/aromatic N) is 3. The van der Waals surface area contributed by atoms with Gasteiger partial charge in [0.1, 0.15) is 0 Å². The van der Waals surface area contributed by atoms with E-state index in [1.54, 1.807) is 18.5 Å². The van der Waals surface area contributed by atoms with Crippen molar-refractivity contribution in [2.24, 2.45) is 0 Å². The normalized spacial score (nSPS) is 12.4. The van der Waals surface area contributed by atoms with E-state index in [1.165, 1.54) is 0 Å². The first-order valence-corrected chi connectivity index (χ1v) is 5.21. The molecule has 0 aliphatic rings. The summed E-state index contributed by atoms with van der Waals surface area (Å²) in [4.78, 5) is 0. The molecule has 0 atom stereocenters. The molecule has 0 aliphatic heterocycles. The van der Waals surface area contributed by atoms with Gasteiger partial charge < -0.3 is 10.4 Å². The molecule has 1 aromatic rings. The van der Waals surface area contributed by atoms with Crippen molar-refractivity contribution in [1.29, 1.82) is 0 Å². The summed E-state index contributed by atoms with van der Waals surface area (Å²) in [7, 11) is 0. The molecule has 0 unspecified atom stereocenters. The van der Waals surface area contributed by atoms with Crippen LogP contribution in [0, 0.1) is 0 Å². The van der Waals surface area contributed by atoms with Gasteiger partial charge in [0.05, 0.1) is 17.8 Å². The Hall–Kier alpha value is -0.940. The molecule has 0 spiro atoms. The Kier molecular flexibility index (Phi) is 3.82. The third kappa shape index (κ3) is 4.90. The SMILES string of the molecule is CC(C)NCc1cn(CC(C)(C)O)nn1. The Morgan fingerprint density at radius 3 is 2.73 bits per heavy atom. The van der Waals surface area contributed by atoms with Crippen LogP contribution in [0.1, 0.15) is 33.4 Å². The molecule has 0 saturated carbocycles. The highest BCUT2D eigenvalue weighted by molar-refractivity contribution is 4.92. The van der Waals surface area contributed by atoms with Crippen LogP contribution >= 0.6 is 0 Å². The molecule has 0 radical (unpaired) electrons. The second kappa shape index (κ2) is 4.72. The van der Waals surface area contributed by atoms with Crippen molar-refractivity contribution in [3.8, 4) is 0 Å². The maximum atomic E-state index is 9.59. The first-order valence-electron chi connectivity index (χ1n) is 5.21. The molecule has 0 fully saturated rings. The van der Waals surface area contributed by atoms with Crippen LogP contribution in [0.15, 0.2) is 6.20 Å². The molecular formula is C10H20N4O. The molecule has 0 aliphatic carbocycles. The average Bonchev–Trinajstić information content (AvgIpc) is 2.45. The van der Waals surface area contributed by atoms with E-state index in [1.807, 2.05) is 6.20 Å². The molecule has 5 heteroatoms. The number of rotatable bonds is 5. The van der Waals surface area contributed by atoms with E-state index >= 15 is 0 Å². The lowest BCUT2D eigenvalue weighted by atomic mass is 10.1. The van der Waals surface area contributed by atoms with Gasteiger partial charge in [-0.25, -0.2) is 4.68 Å². The molecule has 1 rings (SSSR count). The fourth-order valence-corrected chi connectivity index (χ4v) is 1.20. The van der Waals surface area contributed by atoms with E-state index in [2.05, 4.69) is 29.5 Å². The molecule has 0 aromatic carbocycles. The van der Waals surface area contributed by atoms with E-state index < -0.39 is 5.60 Å². The van der Waals surface area contributed by atoms with Crippen LogP contribution in [0.2, 0.25) is 0 Å². The molecule has 86 valence electrons. The molecule has 15 heavy (non-hydrogen) atoms. The van der Waals surface area contributed by atoms with Gasteiger partial charge >= 0.3 is 0 Å². The van der Waals surface area contributed by atoms with Gasteiger partial charge in [-0.1, -0.05) is 19.1 Å². The third-order valence-corrected chi connectivity index (χ3v) is 1.83. The quantitative estimate of drug-likeness (QED) is 0.748. The second-order valence-electron chi connectivity index (χ2n) is 4.76. The summed E-state index contributed by atoms with van der Waals surface area (Å²) in [6.45, 7) is 8.84. The fourth-order valence-electron chi connectivity index (χ4n) is 1.20. The lowest BCUT2D eigenvalue weighted by molar-refractivity contribution is 0.0571. The highest BCUT2D eigenvalue weighted by Gasteiger charge is 2.14. The molecular weight excluding hydrogens is 192 g/mol. The lowest BCUT2D eigenvalue weighted by Crippen LogP contribution is -2.26. The van der Waals surface area contributed by atoms with Crippen molar-refractivity contribution in [2.75, 3.05) is 0 Å². The molecule has 5 nitrogen and oxygen atoms in total.